The van der Waals surface area contributed by atoms with Crippen molar-refractivity contribution in [2.24, 2.45) is 0 Å². The number of ether oxygens (including phenoxy) is 2. The molecule has 1 amide bonds. The number of hydrogen-bond acceptors (Lipinski definition) is 7. The first-order chi connectivity index (χ1) is 13.9. The summed E-state index contributed by atoms with van der Waals surface area (Å²) in [5.41, 5.74) is 0.372. The Morgan fingerprint density at radius 2 is 2.00 bits per heavy atom. The molecule has 1 aliphatic heterocycles. The fraction of sp³-hybridized carbons (Fsp3) is 0.389. The van der Waals surface area contributed by atoms with E-state index in [1.165, 1.54) is 17.6 Å². The Balaban J connectivity index is 1.76. The van der Waals surface area contributed by atoms with Crippen LogP contribution < -0.4 is 9.47 Å². The van der Waals surface area contributed by atoms with Crippen LogP contribution in [0.25, 0.3) is 0 Å². The van der Waals surface area contributed by atoms with E-state index in [1.54, 1.807) is 11.3 Å². The van der Waals surface area contributed by atoms with E-state index in [0.717, 1.165) is 18.7 Å². The fourth-order valence-electron chi connectivity index (χ4n) is 3.14. The first kappa shape index (κ1) is 20.9. The summed E-state index contributed by atoms with van der Waals surface area (Å²) >= 11 is 1.62. The Morgan fingerprint density at radius 3 is 2.55 bits per heavy atom. The highest BCUT2D eigenvalue weighted by molar-refractivity contribution is 7.07. The smallest absolute Gasteiger partial charge is 0.387 e. The molecule has 29 heavy (non-hydrogen) atoms. The Labute approximate surface area is 169 Å². The number of carbonyl (C=O) groups excluding carboxylic acids is 1. The van der Waals surface area contributed by atoms with Gasteiger partial charge in [0.05, 0.1) is 18.1 Å². The number of amides is 1. The highest BCUT2D eigenvalue weighted by Gasteiger charge is 2.30. The number of methoxy groups -OCH3 is 1. The van der Waals surface area contributed by atoms with Crippen LogP contribution in [-0.4, -0.2) is 60.5 Å². The van der Waals surface area contributed by atoms with Gasteiger partial charge >= 0.3 is 6.61 Å². The molecule has 0 N–H and O–H groups in total. The number of thiophene rings is 1. The maximum absolute atomic E-state index is 12.9. The number of nitrogens with zero attached hydrogens (tertiary/aromatic N) is 3. The second-order valence-corrected chi connectivity index (χ2v) is 7.14. The Hall–Kier alpha value is -2.79. The van der Waals surface area contributed by atoms with Crippen LogP contribution >= 0.6 is 11.3 Å². The third kappa shape index (κ3) is 4.98. The lowest BCUT2D eigenvalue weighted by atomic mass is 10.1. The number of alkyl halides is 2. The van der Waals surface area contributed by atoms with Crippen molar-refractivity contribution in [3.63, 3.8) is 0 Å². The predicted molar refractivity (Wildman–Crippen MR) is 102 cm³/mol. The molecule has 1 aromatic carbocycles. The molecule has 1 aromatic heterocycles. The molecule has 156 valence electrons. The number of halogens is 2. The second-order valence-electron chi connectivity index (χ2n) is 6.36. The maximum Gasteiger partial charge on any atom is 0.387 e. The number of carbonyl (C=O) groups is 1. The van der Waals surface area contributed by atoms with Crippen LogP contribution in [0.4, 0.5) is 14.5 Å². The minimum Gasteiger partial charge on any atom is -0.493 e. The van der Waals surface area contributed by atoms with Crippen molar-refractivity contribution >= 4 is 22.9 Å². The molecule has 1 fully saturated rings. The molecular formula is C18H19F2N3O5S. The minimum atomic E-state index is -3.18. The lowest BCUT2D eigenvalue weighted by Crippen LogP contribution is -2.48. The van der Waals surface area contributed by atoms with E-state index in [4.69, 9.17) is 4.74 Å². The third-order valence-electron chi connectivity index (χ3n) is 4.57. The summed E-state index contributed by atoms with van der Waals surface area (Å²) < 4.78 is 34.4. The van der Waals surface area contributed by atoms with Gasteiger partial charge in [0, 0.05) is 38.8 Å². The van der Waals surface area contributed by atoms with Crippen molar-refractivity contribution in [1.29, 1.82) is 0 Å². The lowest BCUT2D eigenvalue weighted by molar-refractivity contribution is -0.385. The molecule has 3 rings (SSSR count). The molecule has 0 saturated carbocycles. The van der Waals surface area contributed by atoms with Gasteiger partial charge in [-0.05, 0) is 22.4 Å². The van der Waals surface area contributed by atoms with Crippen molar-refractivity contribution in [3.05, 3.63) is 50.2 Å². The molecule has 8 nitrogen and oxygen atoms in total. The van der Waals surface area contributed by atoms with E-state index in [-0.39, 0.29) is 11.3 Å². The summed E-state index contributed by atoms with van der Waals surface area (Å²) in [6, 6.07) is 3.92. The van der Waals surface area contributed by atoms with Gasteiger partial charge in [0.25, 0.3) is 11.6 Å². The summed E-state index contributed by atoms with van der Waals surface area (Å²) in [5.74, 6) is -1.21. The van der Waals surface area contributed by atoms with Gasteiger partial charge in [0.2, 0.25) is 0 Å². The van der Waals surface area contributed by atoms with Crippen LogP contribution in [-0.2, 0) is 6.54 Å². The van der Waals surface area contributed by atoms with E-state index < -0.39 is 28.9 Å². The number of rotatable bonds is 7. The van der Waals surface area contributed by atoms with Crippen molar-refractivity contribution in [3.8, 4) is 11.5 Å². The summed E-state index contributed by atoms with van der Waals surface area (Å²) in [4.78, 5) is 27.2. The van der Waals surface area contributed by atoms with Crippen LogP contribution in [0.15, 0.2) is 29.0 Å². The lowest BCUT2D eigenvalue weighted by Gasteiger charge is -2.34. The number of hydrogen-bond donors (Lipinski definition) is 0. The van der Waals surface area contributed by atoms with Crippen LogP contribution in [0, 0.1) is 10.1 Å². The largest absolute Gasteiger partial charge is 0.493 e. The zero-order valence-electron chi connectivity index (χ0n) is 15.5. The maximum atomic E-state index is 12.9. The Morgan fingerprint density at radius 1 is 1.28 bits per heavy atom. The molecule has 0 aliphatic carbocycles. The molecule has 0 spiro atoms. The van der Waals surface area contributed by atoms with Gasteiger partial charge < -0.3 is 14.4 Å². The molecule has 1 saturated heterocycles. The van der Waals surface area contributed by atoms with Gasteiger partial charge in [-0.15, -0.1) is 0 Å². The summed E-state index contributed by atoms with van der Waals surface area (Å²) in [6.07, 6.45) is 0. The topological polar surface area (TPSA) is 85.2 Å². The monoisotopic (exact) mass is 427 g/mol. The van der Waals surface area contributed by atoms with Gasteiger partial charge in [0.1, 0.15) is 5.56 Å². The van der Waals surface area contributed by atoms with Crippen LogP contribution in [0.1, 0.15) is 15.9 Å². The van der Waals surface area contributed by atoms with Gasteiger partial charge in [-0.1, -0.05) is 0 Å². The number of benzene rings is 1. The highest BCUT2D eigenvalue weighted by Crippen LogP contribution is 2.36. The first-order valence-corrected chi connectivity index (χ1v) is 9.67. The second kappa shape index (κ2) is 9.14. The molecule has 0 bridgehead atoms. The standard InChI is InChI=1S/C18H19F2N3O5S/c1-27-15-8-13(14(23(25)26)9-16(15)28-18(19)20)17(24)22-5-3-21(4-6-22)10-12-2-7-29-11-12/h2,7-9,11,18H,3-6,10H2,1H3. The Kier molecular flexibility index (Phi) is 6.60. The predicted octanol–water partition coefficient (Wildman–Crippen LogP) is 3.22. The first-order valence-electron chi connectivity index (χ1n) is 8.73. The van der Waals surface area contributed by atoms with Gasteiger partial charge in [-0.3, -0.25) is 19.8 Å². The number of nitro benzene ring substituents is 1. The number of nitro groups is 1. The Bertz CT molecular complexity index is 871. The van der Waals surface area contributed by atoms with Crippen LogP contribution in [0.3, 0.4) is 0 Å². The van der Waals surface area contributed by atoms with Gasteiger partial charge in [-0.2, -0.15) is 20.1 Å². The minimum absolute atomic E-state index is 0.171. The third-order valence-corrected chi connectivity index (χ3v) is 5.30. The van der Waals surface area contributed by atoms with Crippen molar-refractivity contribution in [2.45, 2.75) is 13.2 Å². The highest BCUT2D eigenvalue weighted by atomic mass is 32.1. The molecule has 0 atom stereocenters. The molecular weight excluding hydrogens is 408 g/mol. The summed E-state index contributed by atoms with van der Waals surface area (Å²) in [7, 11) is 1.21. The molecule has 0 unspecified atom stereocenters. The molecule has 11 heteroatoms. The SMILES string of the molecule is COc1cc(C(=O)N2CCN(Cc3ccsc3)CC2)c([N+](=O)[O-])cc1OC(F)F. The van der Waals surface area contributed by atoms with Gasteiger partial charge in [-0.25, -0.2) is 0 Å². The van der Waals surface area contributed by atoms with Crippen molar-refractivity contribution < 1.29 is 28.0 Å². The zero-order valence-corrected chi connectivity index (χ0v) is 16.4. The van der Waals surface area contributed by atoms with E-state index in [2.05, 4.69) is 15.0 Å². The molecule has 2 heterocycles. The average molecular weight is 427 g/mol. The van der Waals surface area contributed by atoms with Crippen molar-refractivity contribution in [1.82, 2.24) is 9.80 Å². The van der Waals surface area contributed by atoms with Crippen LogP contribution in [0.2, 0.25) is 0 Å². The molecule has 2 aromatic rings. The van der Waals surface area contributed by atoms with Gasteiger partial charge in [0.15, 0.2) is 11.5 Å². The summed E-state index contributed by atoms with van der Waals surface area (Å²) in [5, 5.41) is 15.5. The van der Waals surface area contributed by atoms with E-state index >= 15 is 0 Å². The number of piperazine rings is 1. The molecule has 1 aliphatic rings. The molecule has 0 radical (unpaired) electrons. The van der Waals surface area contributed by atoms with Crippen molar-refractivity contribution in [2.75, 3.05) is 33.3 Å². The zero-order chi connectivity index (χ0) is 21.0. The average Bonchev–Trinajstić information content (AvgIpc) is 3.20. The van der Waals surface area contributed by atoms with E-state index in [9.17, 15) is 23.7 Å². The quantitative estimate of drug-likeness (QED) is 0.498. The summed E-state index contributed by atoms with van der Waals surface area (Å²) in [6.45, 7) is -0.353. The fourth-order valence-corrected chi connectivity index (χ4v) is 3.80. The normalized spacial score (nSPS) is 14.8. The van der Waals surface area contributed by atoms with E-state index in [0.29, 0.717) is 26.2 Å². The van der Waals surface area contributed by atoms with Crippen LogP contribution in [0.5, 0.6) is 11.5 Å². The van der Waals surface area contributed by atoms with E-state index in [1.807, 2.05) is 11.4 Å².